The summed E-state index contributed by atoms with van der Waals surface area (Å²) in [5.74, 6) is 0.522. The van der Waals surface area contributed by atoms with Gasteiger partial charge < -0.3 is 14.8 Å². The van der Waals surface area contributed by atoms with Crippen molar-refractivity contribution in [2.24, 2.45) is 0 Å². The number of anilines is 1. The van der Waals surface area contributed by atoms with Crippen LogP contribution in [0.5, 0.6) is 11.5 Å². The first-order valence-corrected chi connectivity index (χ1v) is 8.18. The Balaban J connectivity index is 2.09. The van der Waals surface area contributed by atoms with E-state index in [1.807, 2.05) is 0 Å². The molecule has 0 aliphatic rings. The van der Waals surface area contributed by atoms with Gasteiger partial charge >= 0.3 is 0 Å². The molecule has 2 aromatic carbocycles. The minimum absolute atomic E-state index is 0.335. The molecule has 0 fully saturated rings. The van der Waals surface area contributed by atoms with E-state index < -0.39 is 0 Å². The number of unbranched alkanes of at least 4 members (excludes halogenated alkanes) is 1. The Morgan fingerprint density at radius 2 is 2.08 bits per heavy atom. The molecule has 0 aliphatic heterocycles. The molecule has 1 N–H and O–H groups in total. The second kappa shape index (κ2) is 9.47. The Bertz CT molecular complexity index is 743. The zero-order chi connectivity index (χ0) is 18.1. The van der Waals surface area contributed by atoms with E-state index in [1.165, 1.54) is 18.2 Å². The van der Waals surface area contributed by atoms with E-state index in [9.17, 15) is 9.18 Å². The van der Waals surface area contributed by atoms with Crippen molar-refractivity contribution in [2.45, 2.75) is 19.8 Å². The van der Waals surface area contributed by atoms with Crippen molar-refractivity contribution in [3.8, 4) is 11.5 Å². The number of benzene rings is 2. The molecule has 0 heterocycles. The van der Waals surface area contributed by atoms with Crippen molar-refractivity contribution >= 4 is 17.7 Å². The van der Waals surface area contributed by atoms with Crippen molar-refractivity contribution in [1.82, 2.24) is 0 Å². The molecule has 0 radical (unpaired) electrons. The lowest BCUT2D eigenvalue weighted by Crippen LogP contribution is -2.10. The monoisotopic (exact) mass is 343 g/mol. The smallest absolute Gasteiger partial charge is 0.248 e. The van der Waals surface area contributed by atoms with Crippen LogP contribution in [0.3, 0.4) is 0 Å². The largest absolute Gasteiger partial charge is 0.497 e. The second-order valence-corrected chi connectivity index (χ2v) is 5.44. The number of amides is 1. The summed E-state index contributed by atoms with van der Waals surface area (Å²) in [5.41, 5.74) is 1.14. The Labute approximate surface area is 147 Å². The van der Waals surface area contributed by atoms with Crippen molar-refractivity contribution in [1.29, 1.82) is 0 Å². The standard InChI is InChI=1S/C20H22FNO3/c1-3-4-12-25-19-10-9-17(24-2)14-18(19)22-20(23)11-8-15-6-5-7-16(21)13-15/h5-11,13-14H,3-4,12H2,1-2H3,(H,22,23)/b11-8+. The van der Waals surface area contributed by atoms with E-state index >= 15 is 0 Å². The molecular formula is C20H22FNO3. The number of carbonyl (C=O) groups excluding carboxylic acids is 1. The van der Waals surface area contributed by atoms with Gasteiger partial charge in [-0.15, -0.1) is 0 Å². The molecule has 0 saturated heterocycles. The quantitative estimate of drug-likeness (QED) is 0.560. The minimum Gasteiger partial charge on any atom is -0.497 e. The Hall–Kier alpha value is -2.82. The maximum Gasteiger partial charge on any atom is 0.248 e. The van der Waals surface area contributed by atoms with Gasteiger partial charge in [-0.2, -0.15) is 0 Å². The first-order valence-electron chi connectivity index (χ1n) is 8.18. The molecule has 2 aromatic rings. The zero-order valence-corrected chi connectivity index (χ0v) is 14.4. The minimum atomic E-state index is -0.345. The van der Waals surface area contributed by atoms with E-state index in [0.29, 0.717) is 29.4 Å². The number of hydrogen-bond acceptors (Lipinski definition) is 3. The summed E-state index contributed by atoms with van der Waals surface area (Å²) in [4.78, 5) is 12.2. The lowest BCUT2D eigenvalue weighted by Gasteiger charge is -2.13. The average molecular weight is 343 g/mol. The van der Waals surface area contributed by atoms with Crippen LogP contribution >= 0.6 is 0 Å². The predicted octanol–water partition coefficient (Wildman–Crippen LogP) is 4.67. The van der Waals surface area contributed by atoms with E-state index in [0.717, 1.165) is 12.8 Å². The molecule has 25 heavy (non-hydrogen) atoms. The fraction of sp³-hybridized carbons (Fsp3) is 0.250. The molecular weight excluding hydrogens is 321 g/mol. The van der Waals surface area contributed by atoms with Crippen LogP contribution in [0.15, 0.2) is 48.5 Å². The van der Waals surface area contributed by atoms with Gasteiger partial charge in [-0.25, -0.2) is 4.39 Å². The SMILES string of the molecule is CCCCOc1ccc(OC)cc1NC(=O)/C=C/c1cccc(F)c1. The van der Waals surface area contributed by atoms with Gasteiger partial charge in [-0.05, 0) is 42.3 Å². The summed E-state index contributed by atoms with van der Waals surface area (Å²) < 4.78 is 24.1. The fourth-order valence-corrected chi connectivity index (χ4v) is 2.14. The highest BCUT2D eigenvalue weighted by Crippen LogP contribution is 2.29. The molecule has 0 bridgehead atoms. The Morgan fingerprint density at radius 1 is 1.24 bits per heavy atom. The van der Waals surface area contributed by atoms with Crippen molar-refractivity contribution in [3.05, 3.63) is 59.9 Å². The maximum atomic E-state index is 13.2. The molecule has 2 rings (SSSR count). The van der Waals surface area contributed by atoms with Crippen molar-refractivity contribution in [2.75, 3.05) is 19.0 Å². The molecule has 132 valence electrons. The Kier molecular flexibility index (Phi) is 7.01. The Morgan fingerprint density at radius 3 is 2.80 bits per heavy atom. The van der Waals surface area contributed by atoms with E-state index in [1.54, 1.807) is 43.5 Å². The first-order chi connectivity index (χ1) is 12.1. The van der Waals surface area contributed by atoms with Gasteiger partial charge in [0.1, 0.15) is 17.3 Å². The van der Waals surface area contributed by atoms with E-state index in [2.05, 4.69) is 12.2 Å². The number of ether oxygens (including phenoxy) is 2. The summed E-state index contributed by atoms with van der Waals surface area (Å²) in [6.07, 6.45) is 4.85. The van der Waals surface area contributed by atoms with Gasteiger partial charge in [0.25, 0.3) is 0 Å². The number of carbonyl (C=O) groups is 1. The van der Waals surface area contributed by atoms with Crippen LogP contribution in [0.2, 0.25) is 0 Å². The number of rotatable bonds is 8. The summed E-state index contributed by atoms with van der Waals surface area (Å²) in [6, 6.07) is 11.3. The predicted molar refractivity (Wildman–Crippen MR) is 97.5 cm³/mol. The zero-order valence-electron chi connectivity index (χ0n) is 14.4. The molecule has 0 unspecified atom stereocenters. The summed E-state index contributed by atoms with van der Waals surface area (Å²) >= 11 is 0. The third-order valence-corrected chi connectivity index (χ3v) is 3.48. The van der Waals surface area contributed by atoms with Gasteiger partial charge in [0.05, 0.1) is 19.4 Å². The van der Waals surface area contributed by atoms with Crippen LogP contribution in [-0.2, 0) is 4.79 Å². The molecule has 0 saturated carbocycles. The normalized spacial score (nSPS) is 10.7. The second-order valence-electron chi connectivity index (χ2n) is 5.44. The van der Waals surface area contributed by atoms with Gasteiger partial charge in [-0.1, -0.05) is 25.5 Å². The van der Waals surface area contributed by atoms with E-state index in [4.69, 9.17) is 9.47 Å². The lowest BCUT2D eigenvalue weighted by molar-refractivity contribution is -0.111. The van der Waals surface area contributed by atoms with Gasteiger partial charge in [0.2, 0.25) is 5.91 Å². The third kappa shape index (κ3) is 5.95. The first kappa shape index (κ1) is 18.5. The summed E-state index contributed by atoms with van der Waals surface area (Å²) in [6.45, 7) is 2.65. The molecule has 0 aliphatic carbocycles. The van der Waals surface area contributed by atoms with Gasteiger partial charge in [0, 0.05) is 12.1 Å². The van der Waals surface area contributed by atoms with Crippen molar-refractivity contribution < 1.29 is 18.7 Å². The average Bonchev–Trinajstić information content (AvgIpc) is 2.61. The molecule has 0 aromatic heterocycles. The topological polar surface area (TPSA) is 47.6 Å². The van der Waals surface area contributed by atoms with Gasteiger partial charge in [-0.3, -0.25) is 4.79 Å². The fourth-order valence-electron chi connectivity index (χ4n) is 2.14. The molecule has 0 atom stereocenters. The van der Waals surface area contributed by atoms with Crippen LogP contribution in [0.1, 0.15) is 25.3 Å². The van der Waals surface area contributed by atoms with Crippen LogP contribution < -0.4 is 14.8 Å². The number of methoxy groups -OCH3 is 1. The number of halogens is 1. The summed E-state index contributed by atoms with van der Waals surface area (Å²) in [5, 5.41) is 2.77. The lowest BCUT2D eigenvalue weighted by atomic mass is 10.2. The molecule has 0 spiro atoms. The van der Waals surface area contributed by atoms with Crippen LogP contribution in [-0.4, -0.2) is 19.6 Å². The van der Waals surface area contributed by atoms with Crippen LogP contribution in [0, 0.1) is 5.82 Å². The highest BCUT2D eigenvalue weighted by molar-refractivity contribution is 6.02. The molecule has 5 heteroatoms. The van der Waals surface area contributed by atoms with Crippen LogP contribution in [0.25, 0.3) is 6.08 Å². The number of nitrogens with one attached hydrogen (secondary N) is 1. The van der Waals surface area contributed by atoms with Crippen LogP contribution in [0.4, 0.5) is 10.1 Å². The summed E-state index contributed by atoms with van der Waals surface area (Å²) in [7, 11) is 1.56. The molecule has 1 amide bonds. The molecule has 4 nitrogen and oxygen atoms in total. The van der Waals surface area contributed by atoms with E-state index in [-0.39, 0.29) is 11.7 Å². The highest BCUT2D eigenvalue weighted by atomic mass is 19.1. The third-order valence-electron chi connectivity index (χ3n) is 3.48. The van der Waals surface area contributed by atoms with Gasteiger partial charge in [0.15, 0.2) is 0 Å². The number of hydrogen-bond donors (Lipinski definition) is 1. The highest BCUT2D eigenvalue weighted by Gasteiger charge is 2.08. The maximum absolute atomic E-state index is 13.2. The van der Waals surface area contributed by atoms with Crippen molar-refractivity contribution in [3.63, 3.8) is 0 Å².